The van der Waals surface area contributed by atoms with Crippen LogP contribution in [0.4, 0.5) is 11.4 Å². The Bertz CT molecular complexity index is 2420. The van der Waals surface area contributed by atoms with Crippen LogP contribution in [-0.4, -0.2) is 18.8 Å². The van der Waals surface area contributed by atoms with Crippen LogP contribution in [0.5, 0.6) is 0 Å². The fourth-order valence-corrected chi connectivity index (χ4v) is 11.6. The van der Waals surface area contributed by atoms with Crippen LogP contribution in [-0.2, 0) is 10.8 Å². The number of furan rings is 1. The van der Waals surface area contributed by atoms with Crippen molar-refractivity contribution in [3.63, 3.8) is 0 Å². The highest BCUT2D eigenvalue weighted by molar-refractivity contribution is 6.93. The molecule has 0 saturated heterocycles. The molecule has 0 amide bonds. The fraction of sp³-hybridized carbons (Fsp3) is 0.429. The molecule has 3 nitrogen and oxygen atoms in total. The number of hydrogen-bond acceptors (Lipinski definition) is 3. The van der Waals surface area contributed by atoms with Gasteiger partial charge in [0.05, 0.1) is 11.7 Å². The monoisotopic (exact) mass is 795 g/mol. The van der Waals surface area contributed by atoms with E-state index in [1.165, 1.54) is 86.9 Å². The maximum absolute atomic E-state index is 7.32. The smallest absolute Gasteiger partial charge is 0.293 e. The molecule has 2 heterocycles. The first-order valence-electron chi connectivity index (χ1n) is 23.2. The molecule has 1 fully saturated rings. The Morgan fingerprint density at radius 2 is 1.70 bits per heavy atom. The van der Waals surface area contributed by atoms with E-state index >= 15 is 0 Å². The third-order valence-electron chi connectivity index (χ3n) is 15.3. The maximum Gasteiger partial charge on any atom is 0.293 e. The third kappa shape index (κ3) is 7.10. The molecule has 1 saturated carbocycles. The van der Waals surface area contributed by atoms with Crippen LogP contribution in [0.1, 0.15) is 123 Å². The van der Waals surface area contributed by atoms with Gasteiger partial charge in [-0.05, 0) is 155 Å². The van der Waals surface area contributed by atoms with Crippen molar-refractivity contribution in [3.05, 3.63) is 149 Å². The first-order valence-corrected chi connectivity index (χ1v) is 23.2. The zero-order valence-corrected chi connectivity index (χ0v) is 37.9. The van der Waals surface area contributed by atoms with E-state index in [2.05, 4.69) is 182 Å². The number of allylic oxidation sites excluding steroid dienone is 7. The zero-order chi connectivity index (χ0) is 42.1. The lowest BCUT2D eigenvalue weighted by molar-refractivity contribution is 0.277. The molecule has 9 rings (SSSR count). The Kier molecular flexibility index (Phi) is 10.6. The van der Waals surface area contributed by atoms with Crippen LogP contribution < -0.4 is 21.3 Å². The van der Waals surface area contributed by atoms with Crippen molar-refractivity contribution in [2.75, 3.05) is 10.2 Å². The Hall–Kier alpha value is -4.70. The molecular formula is C56H67BN2O. The molecule has 6 unspecified atom stereocenters. The highest BCUT2D eigenvalue weighted by Gasteiger charge is 2.47. The van der Waals surface area contributed by atoms with Crippen molar-refractivity contribution in [1.29, 1.82) is 0 Å². The summed E-state index contributed by atoms with van der Waals surface area (Å²) in [6.45, 7) is 25.8. The summed E-state index contributed by atoms with van der Waals surface area (Å²) < 4.78 is 7.32. The average Bonchev–Trinajstić information content (AvgIpc) is 3.65. The molecule has 60 heavy (non-hydrogen) atoms. The van der Waals surface area contributed by atoms with Crippen molar-refractivity contribution in [1.82, 2.24) is 0 Å². The lowest BCUT2D eigenvalue weighted by atomic mass is 9.35. The molecule has 3 aromatic carbocycles. The average molecular weight is 795 g/mol. The summed E-state index contributed by atoms with van der Waals surface area (Å²) in [7, 11) is 0. The van der Waals surface area contributed by atoms with Gasteiger partial charge < -0.3 is 14.6 Å². The van der Waals surface area contributed by atoms with Crippen LogP contribution in [0.15, 0.2) is 131 Å². The van der Waals surface area contributed by atoms with Gasteiger partial charge in [-0.15, -0.1) is 6.58 Å². The van der Waals surface area contributed by atoms with Gasteiger partial charge in [0, 0.05) is 28.5 Å². The molecule has 4 aromatic rings. The molecule has 0 radical (unpaired) electrons. The third-order valence-corrected chi connectivity index (χ3v) is 15.3. The number of aryl methyl sites for hydroxylation is 1. The van der Waals surface area contributed by atoms with Crippen LogP contribution in [0.2, 0.25) is 0 Å². The SMILES string of the molecule is C=CC(C/C=C/CC)Nc1cc(C)cc2c1B(c1cc3cc4c(cc3o1)C(C)(C)CCC4(C)C)C1=C(CC3C(=C1)C(C)CCC3C)N2C1C=CC(c2ccccc2)=CC1C. The first-order chi connectivity index (χ1) is 28.8. The van der Waals surface area contributed by atoms with Crippen molar-refractivity contribution in [3.8, 4) is 0 Å². The van der Waals surface area contributed by atoms with E-state index < -0.39 is 0 Å². The summed E-state index contributed by atoms with van der Waals surface area (Å²) in [6, 6.07) is 23.3. The molecule has 6 atom stereocenters. The standard InChI is InChI=1S/C56H67BN2O/c1-11-13-15-20-42(12-2)58-48-27-35(3)28-51-54(48)57(53-31-41-30-45-46(34-52(41)60-53)56(9,10)26-25-55(45,7)8)47-32-43-36(4)21-22-37(5)44(43)33-50(47)59(51)49-24-23-40(29-38(49)6)39-18-16-14-17-19-39/h12-19,23-24,27-32,34,36-38,42,44,49,58H,2,11,20-22,25-26,33H2,1,3-10H3/b15-13+. The van der Waals surface area contributed by atoms with Crippen LogP contribution in [0.25, 0.3) is 16.5 Å². The van der Waals surface area contributed by atoms with Crippen LogP contribution in [0.3, 0.4) is 0 Å². The predicted octanol–water partition coefficient (Wildman–Crippen LogP) is 13.3. The van der Waals surface area contributed by atoms with Gasteiger partial charge in [-0.25, -0.2) is 0 Å². The van der Waals surface area contributed by atoms with Crippen LogP contribution >= 0.6 is 0 Å². The molecule has 1 aliphatic heterocycles. The van der Waals surface area contributed by atoms with Gasteiger partial charge in [0.15, 0.2) is 0 Å². The first kappa shape index (κ1) is 40.7. The molecule has 310 valence electrons. The number of rotatable bonds is 9. The van der Waals surface area contributed by atoms with Crippen LogP contribution in [0, 0.1) is 30.6 Å². The highest BCUT2D eigenvalue weighted by atomic mass is 16.3. The quantitative estimate of drug-likeness (QED) is 0.135. The normalized spacial score (nSPS) is 25.9. The van der Waals surface area contributed by atoms with E-state index in [1.807, 2.05) is 0 Å². The summed E-state index contributed by atoms with van der Waals surface area (Å²) in [5.74, 6) is 2.05. The van der Waals surface area contributed by atoms with Gasteiger partial charge in [0.25, 0.3) is 6.71 Å². The lowest BCUT2D eigenvalue weighted by Gasteiger charge is -2.49. The van der Waals surface area contributed by atoms with Gasteiger partial charge in [-0.1, -0.05) is 134 Å². The Morgan fingerprint density at radius 1 is 0.950 bits per heavy atom. The van der Waals surface area contributed by atoms with Gasteiger partial charge in [0.1, 0.15) is 5.58 Å². The molecule has 4 heteroatoms. The molecule has 1 N–H and O–H groups in total. The van der Waals surface area contributed by atoms with E-state index in [0.717, 1.165) is 30.5 Å². The van der Waals surface area contributed by atoms with Gasteiger partial charge in [-0.2, -0.15) is 0 Å². The van der Waals surface area contributed by atoms with Crippen molar-refractivity contribution >= 4 is 45.8 Å². The summed E-state index contributed by atoms with van der Waals surface area (Å²) >= 11 is 0. The summed E-state index contributed by atoms with van der Waals surface area (Å²) in [5, 5.41) is 5.30. The largest absolute Gasteiger partial charge is 0.470 e. The summed E-state index contributed by atoms with van der Waals surface area (Å²) in [5.41, 5.74) is 17.4. The molecule has 0 bridgehead atoms. The van der Waals surface area contributed by atoms with Crippen molar-refractivity contribution in [2.45, 2.75) is 130 Å². The number of fused-ring (bicyclic) bond motifs is 4. The van der Waals surface area contributed by atoms with E-state index in [1.54, 1.807) is 5.57 Å². The number of anilines is 2. The maximum atomic E-state index is 7.32. The number of hydrogen-bond donors (Lipinski definition) is 1. The highest BCUT2D eigenvalue weighted by Crippen LogP contribution is 2.51. The van der Waals surface area contributed by atoms with E-state index in [9.17, 15) is 0 Å². The second kappa shape index (κ2) is 15.6. The minimum Gasteiger partial charge on any atom is -0.470 e. The molecule has 4 aliphatic carbocycles. The predicted molar refractivity (Wildman–Crippen MR) is 259 cm³/mol. The number of benzene rings is 3. The molecular weight excluding hydrogens is 727 g/mol. The van der Waals surface area contributed by atoms with E-state index in [4.69, 9.17) is 4.42 Å². The fourth-order valence-electron chi connectivity index (χ4n) is 11.6. The lowest BCUT2D eigenvalue weighted by Crippen LogP contribution is -2.56. The van der Waals surface area contributed by atoms with Crippen molar-refractivity contribution in [2.24, 2.45) is 23.7 Å². The molecule has 0 spiro atoms. The minimum atomic E-state index is -0.0624. The van der Waals surface area contributed by atoms with E-state index in [-0.39, 0.29) is 35.5 Å². The zero-order valence-electron chi connectivity index (χ0n) is 37.9. The van der Waals surface area contributed by atoms with Gasteiger partial charge in [-0.3, -0.25) is 0 Å². The number of nitrogens with zero attached hydrogens (tertiary/aromatic N) is 1. The minimum absolute atomic E-state index is 0.0624. The summed E-state index contributed by atoms with van der Waals surface area (Å²) in [6.07, 6.45) is 24.6. The Morgan fingerprint density at radius 3 is 2.42 bits per heavy atom. The van der Waals surface area contributed by atoms with Gasteiger partial charge >= 0.3 is 0 Å². The second-order valence-electron chi connectivity index (χ2n) is 20.5. The second-order valence-corrected chi connectivity index (χ2v) is 20.5. The van der Waals surface area contributed by atoms with E-state index in [0.29, 0.717) is 17.8 Å². The summed E-state index contributed by atoms with van der Waals surface area (Å²) in [4.78, 5) is 2.78. The molecule has 5 aliphatic rings. The molecule has 1 aromatic heterocycles. The Labute approximate surface area is 361 Å². The number of nitrogens with one attached hydrogen (secondary N) is 1. The van der Waals surface area contributed by atoms with Crippen molar-refractivity contribution < 1.29 is 4.42 Å². The Balaban J connectivity index is 1.28. The topological polar surface area (TPSA) is 28.4 Å². The van der Waals surface area contributed by atoms with Gasteiger partial charge in [0.2, 0.25) is 0 Å².